The molecule has 1 aromatic heterocycles. The van der Waals surface area contributed by atoms with Gasteiger partial charge in [0.15, 0.2) is 0 Å². The summed E-state index contributed by atoms with van der Waals surface area (Å²) in [7, 11) is 1.56. The van der Waals surface area contributed by atoms with Gasteiger partial charge in [-0.25, -0.2) is 0 Å². The van der Waals surface area contributed by atoms with Crippen LogP contribution in [0.15, 0.2) is 35.5 Å². The van der Waals surface area contributed by atoms with Gasteiger partial charge in [0, 0.05) is 11.3 Å². The minimum Gasteiger partial charge on any atom is -0.505 e. The van der Waals surface area contributed by atoms with Crippen molar-refractivity contribution in [2.75, 3.05) is 7.11 Å². The van der Waals surface area contributed by atoms with E-state index in [1.165, 1.54) is 12.3 Å². The highest BCUT2D eigenvalue weighted by Crippen LogP contribution is 2.20. The van der Waals surface area contributed by atoms with Gasteiger partial charge in [0.2, 0.25) is 0 Å². The second-order valence-corrected chi connectivity index (χ2v) is 4.83. The maximum absolute atomic E-state index is 12.1. The molecule has 0 radical (unpaired) electrons. The predicted molar refractivity (Wildman–Crippen MR) is 83.4 cm³/mol. The number of benzene rings is 1. The highest BCUT2D eigenvalue weighted by molar-refractivity contribution is 6.09. The number of carbonyl (C=O) groups is 1. The van der Waals surface area contributed by atoms with Gasteiger partial charge < -0.3 is 15.6 Å². The zero-order valence-electron chi connectivity index (χ0n) is 12.6. The molecule has 0 saturated heterocycles. The molecule has 1 amide bonds. The molecule has 22 heavy (non-hydrogen) atoms. The van der Waals surface area contributed by atoms with E-state index in [0.717, 1.165) is 5.56 Å². The molecular formula is C16H17N3O3. The molecule has 0 atom stereocenters. The van der Waals surface area contributed by atoms with Crippen LogP contribution < -0.4 is 10.5 Å². The lowest BCUT2D eigenvalue weighted by Crippen LogP contribution is -2.16. The molecule has 1 heterocycles. The first kappa shape index (κ1) is 15.5. The third-order valence-electron chi connectivity index (χ3n) is 3.18. The molecule has 0 fully saturated rings. The number of ether oxygens (including phenoxy) is 1. The van der Waals surface area contributed by atoms with Crippen molar-refractivity contribution in [3.05, 3.63) is 52.8 Å². The van der Waals surface area contributed by atoms with Crippen molar-refractivity contribution in [3.8, 4) is 11.5 Å². The van der Waals surface area contributed by atoms with Crippen LogP contribution in [0.2, 0.25) is 0 Å². The summed E-state index contributed by atoms with van der Waals surface area (Å²) in [5.74, 6) is -0.142. The summed E-state index contributed by atoms with van der Waals surface area (Å²) in [5.41, 5.74) is 8.06. The first-order chi connectivity index (χ1) is 10.4. The number of aryl methyl sites for hydroxylation is 2. The number of amides is 1. The first-order valence-corrected chi connectivity index (χ1v) is 6.61. The van der Waals surface area contributed by atoms with Gasteiger partial charge in [0.1, 0.15) is 17.3 Å². The van der Waals surface area contributed by atoms with Gasteiger partial charge in [-0.2, -0.15) is 4.99 Å². The zero-order chi connectivity index (χ0) is 16.3. The Balaban J connectivity index is 2.36. The molecule has 3 N–H and O–H groups in total. The lowest BCUT2D eigenvalue weighted by molar-refractivity contribution is 0.1000. The number of pyridine rings is 1. The number of hydrogen-bond donors (Lipinski definition) is 2. The second-order valence-electron chi connectivity index (χ2n) is 4.83. The Bertz CT molecular complexity index is 754. The molecular weight excluding hydrogens is 282 g/mol. The highest BCUT2D eigenvalue weighted by Gasteiger charge is 2.13. The third kappa shape index (κ3) is 3.22. The summed E-state index contributed by atoms with van der Waals surface area (Å²) in [6, 6.07) is 6.75. The van der Waals surface area contributed by atoms with Gasteiger partial charge in [-0.1, -0.05) is 12.1 Å². The SMILES string of the molecule is COc1cc(C(N)=NC(=O)c2cc(C)ncc2O)ccc1C. The number of aromatic hydroxyl groups is 1. The zero-order valence-corrected chi connectivity index (χ0v) is 12.6. The number of nitrogens with zero attached hydrogens (tertiary/aromatic N) is 2. The molecule has 0 saturated carbocycles. The first-order valence-electron chi connectivity index (χ1n) is 6.61. The topological polar surface area (TPSA) is 97.8 Å². The number of aliphatic imine (C=N–C) groups is 1. The maximum atomic E-state index is 12.1. The van der Waals surface area contributed by atoms with E-state index in [2.05, 4.69) is 9.98 Å². The average Bonchev–Trinajstić information content (AvgIpc) is 2.49. The van der Waals surface area contributed by atoms with Crippen molar-refractivity contribution < 1.29 is 14.6 Å². The van der Waals surface area contributed by atoms with Crippen LogP contribution in [0.1, 0.15) is 27.2 Å². The van der Waals surface area contributed by atoms with Gasteiger partial charge in [-0.3, -0.25) is 9.78 Å². The standard InChI is InChI=1S/C16H17N3O3/c1-9-4-5-11(7-14(9)22-3)15(17)19-16(21)12-6-10(2)18-8-13(12)20/h4-8,20H,1-3H3,(H2,17,19,21). The number of amidine groups is 1. The number of hydrogen-bond acceptors (Lipinski definition) is 4. The monoisotopic (exact) mass is 299 g/mol. The smallest absolute Gasteiger partial charge is 0.282 e. The van der Waals surface area contributed by atoms with Crippen LogP contribution in [0.3, 0.4) is 0 Å². The Morgan fingerprint density at radius 1 is 1.32 bits per heavy atom. The molecule has 6 heteroatoms. The Hall–Kier alpha value is -2.89. The highest BCUT2D eigenvalue weighted by atomic mass is 16.5. The Morgan fingerprint density at radius 3 is 2.73 bits per heavy atom. The van der Waals surface area contributed by atoms with Crippen LogP contribution in [0, 0.1) is 13.8 Å². The van der Waals surface area contributed by atoms with Crippen molar-refractivity contribution in [3.63, 3.8) is 0 Å². The Kier molecular flexibility index (Phi) is 4.41. The lowest BCUT2D eigenvalue weighted by Gasteiger charge is -2.07. The number of aromatic nitrogens is 1. The molecule has 0 aliphatic heterocycles. The molecule has 0 unspecified atom stereocenters. The van der Waals surface area contributed by atoms with Crippen LogP contribution in [0.5, 0.6) is 11.5 Å². The van der Waals surface area contributed by atoms with Gasteiger partial charge in [-0.05, 0) is 31.5 Å². The Morgan fingerprint density at radius 2 is 2.05 bits per heavy atom. The molecule has 0 aliphatic carbocycles. The summed E-state index contributed by atoms with van der Waals surface area (Å²) in [4.78, 5) is 19.9. The normalized spacial score (nSPS) is 11.3. The largest absolute Gasteiger partial charge is 0.505 e. The van der Waals surface area contributed by atoms with E-state index in [4.69, 9.17) is 10.5 Å². The third-order valence-corrected chi connectivity index (χ3v) is 3.18. The van der Waals surface area contributed by atoms with E-state index in [-0.39, 0.29) is 17.1 Å². The van der Waals surface area contributed by atoms with Crippen molar-refractivity contribution >= 4 is 11.7 Å². The minimum atomic E-state index is -0.625. The molecule has 0 bridgehead atoms. The number of carbonyl (C=O) groups excluding carboxylic acids is 1. The molecule has 1 aromatic carbocycles. The second kappa shape index (κ2) is 6.26. The van der Waals surface area contributed by atoms with Crippen LogP contribution in [-0.2, 0) is 0 Å². The quantitative estimate of drug-likeness (QED) is 0.667. The number of methoxy groups -OCH3 is 1. The molecule has 6 nitrogen and oxygen atoms in total. The van der Waals surface area contributed by atoms with Crippen molar-refractivity contribution in [2.24, 2.45) is 10.7 Å². The van der Waals surface area contributed by atoms with Crippen LogP contribution >= 0.6 is 0 Å². The minimum absolute atomic E-state index is 0.0529. The predicted octanol–water partition coefficient (Wildman–Crippen LogP) is 1.96. The summed E-state index contributed by atoms with van der Waals surface area (Å²) >= 11 is 0. The molecule has 0 aliphatic rings. The van der Waals surface area contributed by atoms with Gasteiger partial charge >= 0.3 is 0 Å². The molecule has 2 rings (SSSR count). The van der Waals surface area contributed by atoms with Crippen molar-refractivity contribution in [1.29, 1.82) is 0 Å². The average molecular weight is 299 g/mol. The molecule has 0 spiro atoms. The van der Waals surface area contributed by atoms with E-state index < -0.39 is 5.91 Å². The molecule has 114 valence electrons. The number of nitrogens with two attached hydrogens (primary N) is 1. The van der Waals surface area contributed by atoms with Crippen LogP contribution in [0.25, 0.3) is 0 Å². The van der Waals surface area contributed by atoms with E-state index in [0.29, 0.717) is 17.0 Å². The van der Waals surface area contributed by atoms with Crippen LogP contribution in [-0.4, -0.2) is 28.9 Å². The lowest BCUT2D eigenvalue weighted by atomic mass is 10.1. The van der Waals surface area contributed by atoms with E-state index >= 15 is 0 Å². The summed E-state index contributed by atoms with van der Waals surface area (Å²) < 4.78 is 5.22. The maximum Gasteiger partial charge on any atom is 0.282 e. The van der Waals surface area contributed by atoms with Gasteiger partial charge in [-0.15, -0.1) is 0 Å². The summed E-state index contributed by atoms with van der Waals surface area (Å²) in [6.07, 6.45) is 1.21. The fourth-order valence-corrected chi connectivity index (χ4v) is 1.94. The van der Waals surface area contributed by atoms with Crippen molar-refractivity contribution in [2.45, 2.75) is 13.8 Å². The van der Waals surface area contributed by atoms with E-state index in [1.54, 1.807) is 26.2 Å². The summed E-state index contributed by atoms with van der Waals surface area (Å²) in [5, 5.41) is 9.69. The van der Waals surface area contributed by atoms with E-state index in [1.807, 2.05) is 13.0 Å². The van der Waals surface area contributed by atoms with Gasteiger partial charge in [0.25, 0.3) is 5.91 Å². The fraction of sp³-hybridized carbons (Fsp3) is 0.188. The summed E-state index contributed by atoms with van der Waals surface area (Å²) in [6.45, 7) is 3.62. The Labute approximate surface area is 128 Å². The van der Waals surface area contributed by atoms with Gasteiger partial charge in [0.05, 0.1) is 18.9 Å². The van der Waals surface area contributed by atoms with E-state index in [9.17, 15) is 9.90 Å². The van der Waals surface area contributed by atoms with Crippen molar-refractivity contribution in [1.82, 2.24) is 4.98 Å². The fourth-order valence-electron chi connectivity index (χ4n) is 1.94. The molecule has 2 aromatic rings. The number of rotatable bonds is 3. The van der Waals surface area contributed by atoms with Crippen LogP contribution in [0.4, 0.5) is 0 Å².